The Balaban J connectivity index is 1.63. The van der Waals surface area contributed by atoms with Gasteiger partial charge in [-0.15, -0.1) is 0 Å². The number of carbonyl (C=O) groups is 1. The number of benzene rings is 3. The van der Waals surface area contributed by atoms with Crippen LogP contribution in [0.4, 0.5) is 10.1 Å². The van der Waals surface area contributed by atoms with Crippen LogP contribution in [0.5, 0.6) is 5.75 Å². The molecule has 3 aromatic rings. The van der Waals surface area contributed by atoms with Crippen molar-refractivity contribution in [3.8, 4) is 5.75 Å². The zero-order valence-corrected chi connectivity index (χ0v) is 22.6. The minimum atomic E-state index is -0.626. The Hall–Kier alpha value is -4.33. The van der Waals surface area contributed by atoms with Gasteiger partial charge in [0.15, 0.2) is 6.73 Å². The number of anilines is 1. The van der Waals surface area contributed by atoms with Gasteiger partial charge in [-0.05, 0) is 67.8 Å². The largest absolute Gasteiger partial charge is 0.497 e. The zero-order chi connectivity index (χ0) is 27.5. The van der Waals surface area contributed by atoms with Crippen LogP contribution in [0.2, 0.25) is 0 Å². The Kier molecular flexibility index (Phi) is 7.54. The highest BCUT2D eigenvalue weighted by molar-refractivity contribution is 6.05. The summed E-state index contributed by atoms with van der Waals surface area (Å²) in [6.07, 6.45) is 0.285. The molecule has 2 aliphatic heterocycles. The van der Waals surface area contributed by atoms with E-state index >= 15 is 0 Å². The molecule has 0 bridgehead atoms. The Morgan fingerprint density at radius 1 is 1.10 bits per heavy atom. The molecule has 2 heterocycles. The first-order chi connectivity index (χ1) is 18.9. The lowest BCUT2D eigenvalue weighted by Gasteiger charge is -2.44. The number of hydrogen-bond donors (Lipinski definition) is 1. The van der Waals surface area contributed by atoms with Gasteiger partial charge in [0.25, 0.3) is 0 Å². The summed E-state index contributed by atoms with van der Waals surface area (Å²) < 4.78 is 24.7. The van der Waals surface area contributed by atoms with Gasteiger partial charge in [0.05, 0.1) is 18.8 Å². The van der Waals surface area contributed by atoms with Gasteiger partial charge in [-0.3, -0.25) is 9.69 Å². The topological polar surface area (TPSA) is 66.4 Å². The average molecular weight is 529 g/mol. The summed E-state index contributed by atoms with van der Waals surface area (Å²) in [5.74, 6) is 0.856. The number of methoxy groups -OCH3 is 1. The quantitative estimate of drug-likeness (QED) is 0.407. The Labute approximate surface area is 228 Å². The second-order valence-corrected chi connectivity index (χ2v) is 9.74. The van der Waals surface area contributed by atoms with Crippen molar-refractivity contribution in [1.82, 2.24) is 9.80 Å². The zero-order valence-electron chi connectivity index (χ0n) is 22.6. The summed E-state index contributed by atoms with van der Waals surface area (Å²) in [5, 5.41) is 3.42. The predicted octanol–water partition coefficient (Wildman–Crippen LogP) is 5.82. The van der Waals surface area contributed by atoms with E-state index in [0.29, 0.717) is 11.4 Å². The lowest BCUT2D eigenvalue weighted by molar-refractivity contribution is -0.144. The maximum absolute atomic E-state index is 13.7. The third-order valence-electron chi connectivity index (χ3n) is 7.27. The first kappa shape index (κ1) is 26.3. The smallest absolute Gasteiger partial charge is 0.304 e. The van der Waals surface area contributed by atoms with E-state index in [1.165, 1.54) is 30.2 Å². The fraction of sp³-hybridized carbons (Fsp3) is 0.290. The molecule has 0 radical (unpaired) electrons. The minimum absolute atomic E-state index is 0.0206. The van der Waals surface area contributed by atoms with Crippen LogP contribution >= 0.6 is 0 Å². The highest BCUT2D eigenvalue weighted by atomic mass is 19.1. The fourth-order valence-electron chi connectivity index (χ4n) is 5.33. The maximum Gasteiger partial charge on any atom is 0.304 e. The molecule has 0 saturated heterocycles. The van der Waals surface area contributed by atoms with E-state index in [2.05, 4.69) is 48.3 Å². The van der Waals surface area contributed by atoms with Gasteiger partial charge in [0, 0.05) is 30.3 Å². The first-order valence-corrected chi connectivity index (χ1v) is 13.1. The van der Waals surface area contributed by atoms with Gasteiger partial charge in [-0.1, -0.05) is 36.4 Å². The molecule has 0 spiro atoms. The molecule has 202 valence electrons. The molecule has 2 aliphatic rings. The highest BCUT2D eigenvalue weighted by Crippen LogP contribution is 2.37. The molecule has 8 heteroatoms. The molecule has 0 aliphatic carbocycles. The molecule has 0 saturated carbocycles. The third kappa shape index (κ3) is 5.46. The number of nitrogens with one attached hydrogen (secondary N) is 1. The number of nitrogens with zero attached hydrogens (tertiary/aromatic N) is 3. The molecule has 2 unspecified atom stereocenters. The summed E-state index contributed by atoms with van der Waals surface area (Å²) >= 11 is 0. The molecule has 7 nitrogen and oxygen atoms in total. The van der Waals surface area contributed by atoms with Gasteiger partial charge in [-0.25, -0.2) is 9.38 Å². The number of amidine groups is 1. The van der Waals surface area contributed by atoms with Crippen LogP contribution < -0.4 is 10.1 Å². The van der Waals surface area contributed by atoms with Crippen LogP contribution in [-0.4, -0.2) is 48.3 Å². The molecule has 0 aromatic heterocycles. The van der Waals surface area contributed by atoms with E-state index in [-0.39, 0.29) is 18.6 Å². The highest BCUT2D eigenvalue weighted by Gasteiger charge is 2.35. The van der Waals surface area contributed by atoms with Crippen LogP contribution in [-0.2, 0) is 16.0 Å². The monoisotopic (exact) mass is 528 g/mol. The van der Waals surface area contributed by atoms with Gasteiger partial charge in [-0.2, -0.15) is 0 Å². The lowest BCUT2D eigenvalue weighted by atomic mass is 9.92. The van der Waals surface area contributed by atoms with Gasteiger partial charge in [0.1, 0.15) is 17.4 Å². The number of halogens is 1. The van der Waals surface area contributed by atoms with Crippen molar-refractivity contribution in [1.29, 1.82) is 0 Å². The molecule has 5 rings (SSSR count). The van der Waals surface area contributed by atoms with Gasteiger partial charge in [0.2, 0.25) is 6.29 Å². The first-order valence-electron chi connectivity index (χ1n) is 13.1. The summed E-state index contributed by atoms with van der Waals surface area (Å²) in [4.78, 5) is 21.3. The van der Waals surface area contributed by atoms with Crippen LogP contribution in [0.15, 0.2) is 83.4 Å². The summed E-state index contributed by atoms with van der Waals surface area (Å²) in [6.45, 7) is 6.43. The van der Waals surface area contributed by atoms with Crippen molar-refractivity contribution in [2.45, 2.75) is 39.5 Å². The molecule has 39 heavy (non-hydrogen) atoms. The molecule has 2 atom stereocenters. The van der Waals surface area contributed by atoms with Gasteiger partial charge >= 0.3 is 5.97 Å². The van der Waals surface area contributed by atoms with Crippen LogP contribution in [0.25, 0.3) is 5.70 Å². The third-order valence-corrected chi connectivity index (χ3v) is 7.27. The van der Waals surface area contributed by atoms with E-state index in [1.54, 1.807) is 19.2 Å². The van der Waals surface area contributed by atoms with E-state index in [0.717, 1.165) is 35.6 Å². The maximum atomic E-state index is 13.7. The van der Waals surface area contributed by atoms with Crippen LogP contribution in [0.3, 0.4) is 0 Å². The lowest BCUT2D eigenvalue weighted by Crippen LogP contribution is -2.48. The average Bonchev–Trinajstić information content (AvgIpc) is 2.94. The number of ether oxygens (including phenoxy) is 2. The molecule has 0 fully saturated rings. The van der Waals surface area contributed by atoms with E-state index in [4.69, 9.17) is 14.5 Å². The minimum Gasteiger partial charge on any atom is -0.497 e. The number of carbonyl (C=O) groups excluding carboxylic acids is 1. The van der Waals surface area contributed by atoms with Crippen molar-refractivity contribution in [2.75, 3.05) is 25.7 Å². The van der Waals surface area contributed by atoms with Crippen LogP contribution in [0, 0.1) is 5.82 Å². The standard InChI is InChI=1S/C31H33FN4O3/c1-20-29(24-9-7-10-27(18-24)38-4)36(19-39-22(3)37)31(33-26-14-12-25(32)13-15-26)34-30(20)35-17-16-23-8-5-6-11-28(23)21(35)2/h5-15,18,21,31,33H,16-17,19H2,1-4H3. The number of fused-ring (bicyclic) bond motifs is 1. The van der Waals surface area contributed by atoms with Crippen molar-refractivity contribution < 1.29 is 18.7 Å². The van der Waals surface area contributed by atoms with E-state index in [1.807, 2.05) is 29.2 Å². The second-order valence-electron chi connectivity index (χ2n) is 9.74. The normalized spacial score (nSPS) is 18.8. The van der Waals surface area contributed by atoms with E-state index < -0.39 is 12.3 Å². The summed E-state index contributed by atoms with van der Waals surface area (Å²) in [5.41, 5.74) is 6.06. The molecule has 0 amide bonds. The summed E-state index contributed by atoms with van der Waals surface area (Å²) in [6, 6.07) is 22.6. The Bertz CT molecular complexity index is 1420. The summed E-state index contributed by atoms with van der Waals surface area (Å²) in [7, 11) is 1.64. The molecular formula is C31H33FN4O3. The van der Waals surface area contributed by atoms with E-state index in [9.17, 15) is 9.18 Å². The Morgan fingerprint density at radius 3 is 2.62 bits per heavy atom. The molecular weight excluding hydrogens is 495 g/mol. The Morgan fingerprint density at radius 2 is 1.87 bits per heavy atom. The number of rotatable bonds is 6. The number of esters is 1. The number of hydrogen-bond acceptors (Lipinski definition) is 7. The SMILES string of the molecule is COc1cccc(C2=C(C)C(N3CCc4ccccc4C3C)=NC(Nc3ccc(F)cc3)N2COC(C)=O)c1. The van der Waals surface area contributed by atoms with Crippen molar-refractivity contribution in [2.24, 2.45) is 4.99 Å². The second kappa shape index (κ2) is 11.2. The fourth-order valence-corrected chi connectivity index (χ4v) is 5.33. The van der Waals surface area contributed by atoms with Gasteiger partial charge < -0.3 is 19.7 Å². The predicted molar refractivity (Wildman–Crippen MR) is 151 cm³/mol. The number of aliphatic imine (C=N–C) groups is 1. The van der Waals surface area contributed by atoms with Crippen molar-refractivity contribution in [3.63, 3.8) is 0 Å². The molecule has 3 aromatic carbocycles. The van der Waals surface area contributed by atoms with Crippen molar-refractivity contribution in [3.05, 3.63) is 101 Å². The van der Waals surface area contributed by atoms with Crippen LogP contribution in [0.1, 0.15) is 43.5 Å². The molecule has 1 N–H and O–H groups in total. The van der Waals surface area contributed by atoms with Crippen molar-refractivity contribution >= 4 is 23.2 Å².